The maximum Gasteiger partial charge on any atom is 0.0485 e. The number of halogens is 2. The molecule has 2 rings (SSSR count). The van der Waals surface area contributed by atoms with E-state index < -0.39 is 0 Å². The van der Waals surface area contributed by atoms with Gasteiger partial charge in [-0.2, -0.15) is 0 Å². The normalized spacial score (nSPS) is 19.9. The minimum absolute atomic E-state index is 0.569. The van der Waals surface area contributed by atoms with Crippen LogP contribution in [0, 0.1) is 5.92 Å². The van der Waals surface area contributed by atoms with E-state index in [0.29, 0.717) is 5.88 Å². The summed E-state index contributed by atoms with van der Waals surface area (Å²) in [5.41, 5.74) is 2.49. The van der Waals surface area contributed by atoms with Crippen molar-refractivity contribution in [2.45, 2.75) is 32.1 Å². The first-order chi connectivity index (χ1) is 8.24. The van der Waals surface area contributed by atoms with Crippen LogP contribution in [0.1, 0.15) is 31.7 Å². The van der Waals surface area contributed by atoms with Gasteiger partial charge in [-0.05, 0) is 36.5 Å². The maximum atomic E-state index is 5.87. The van der Waals surface area contributed by atoms with Gasteiger partial charge in [0.05, 0.1) is 0 Å². The number of rotatable bonds is 4. The lowest BCUT2D eigenvalue weighted by Crippen LogP contribution is -2.19. The van der Waals surface area contributed by atoms with Crippen LogP contribution in [0.5, 0.6) is 0 Å². The highest BCUT2D eigenvalue weighted by Gasteiger charge is 2.22. The van der Waals surface area contributed by atoms with Gasteiger partial charge >= 0.3 is 0 Å². The van der Waals surface area contributed by atoms with Crippen LogP contribution in [-0.2, 0) is 5.88 Å². The Kier molecular flexibility index (Phi) is 4.75. The Hall–Kier alpha value is -0.210. The van der Waals surface area contributed by atoms with E-state index in [1.165, 1.54) is 43.6 Å². The number of alkyl halides is 1. The predicted molar refractivity (Wildman–Crippen MR) is 78.9 cm³/mol. The summed E-state index contributed by atoms with van der Waals surface area (Å²) < 4.78 is 1.13. The minimum atomic E-state index is 0.569. The fourth-order valence-electron chi connectivity index (χ4n) is 2.55. The molecule has 1 fully saturated rings. The van der Waals surface area contributed by atoms with E-state index in [2.05, 4.69) is 46.0 Å². The topological polar surface area (TPSA) is 3.24 Å². The van der Waals surface area contributed by atoms with Gasteiger partial charge in [0.1, 0.15) is 0 Å². The van der Waals surface area contributed by atoms with Gasteiger partial charge in [-0.1, -0.05) is 35.3 Å². The van der Waals surface area contributed by atoms with Crippen molar-refractivity contribution < 1.29 is 0 Å². The van der Waals surface area contributed by atoms with Crippen LogP contribution in [-0.4, -0.2) is 13.1 Å². The SMILES string of the molecule is CCCC1CCN(c2ccc(CCl)c(Br)c2)C1. The average molecular weight is 317 g/mol. The van der Waals surface area contributed by atoms with Crippen LogP contribution in [0.25, 0.3) is 0 Å². The third-order valence-electron chi connectivity index (χ3n) is 3.53. The van der Waals surface area contributed by atoms with Gasteiger partial charge in [-0.25, -0.2) is 0 Å². The van der Waals surface area contributed by atoms with Crippen molar-refractivity contribution in [2.24, 2.45) is 5.92 Å². The highest BCUT2D eigenvalue weighted by Crippen LogP contribution is 2.30. The number of anilines is 1. The van der Waals surface area contributed by atoms with Crippen molar-refractivity contribution in [3.8, 4) is 0 Å². The molecule has 0 amide bonds. The third-order valence-corrected chi connectivity index (χ3v) is 4.55. The summed E-state index contributed by atoms with van der Waals surface area (Å²) >= 11 is 9.45. The molecule has 1 unspecified atom stereocenters. The average Bonchev–Trinajstić information content (AvgIpc) is 2.78. The molecule has 94 valence electrons. The molecule has 1 saturated heterocycles. The molecule has 0 saturated carbocycles. The molecule has 1 aromatic carbocycles. The standard InChI is InChI=1S/C14H19BrClN/c1-2-3-11-6-7-17(10-11)13-5-4-12(9-16)14(15)8-13/h4-5,8,11H,2-3,6-7,9-10H2,1H3. The summed E-state index contributed by atoms with van der Waals surface area (Å²) in [6.45, 7) is 4.67. The molecule has 1 nitrogen and oxygen atoms in total. The van der Waals surface area contributed by atoms with E-state index in [1.54, 1.807) is 0 Å². The number of hydrogen-bond donors (Lipinski definition) is 0. The molecular formula is C14H19BrClN. The smallest absolute Gasteiger partial charge is 0.0485 e. The van der Waals surface area contributed by atoms with Crippen molar-refractivity contribution in [3.05, 3.63) is 28.2 Å². The van der Waals surface area contributed by atoms with Crippen LogP contribution in [0.2, 0.25) is 0 Å². The summed E-state index contributed by atoms with van der Waals surface area (Å²) in [5, 5.41) is 0. The van der Waals surface area contributed by atoms with Crippen molar-refractivity contribution in [1.29, 1.82) is 0 Å². The molecule has 3 heteroatoms. The molecule has 1 atom stereocenters. The lowest BCUT2D eigenvalue weighted by atomic mass is 10.0. The molecule has 0 radical (unpaired) electrons. The van der Waals surface area contributed by atoms with Gasteiger partial charge < -0.3 is 4.90 Å². The highest BCUT2D eigenvalue weighted by molar-refractivity contribution is 9.10. The monoisotopic (exact) mass is 315 g/mol. The fourth-order valence-corrected chi connectivity index (χ4v) is 3.45. The van der Waals surface area contributed by atoms with Gasteiger partial charge in [-0.15, -0.1) is 11.6 Å². The van der Waals surface area contributed by atoms with Gasteiger partial charge in [-0.3, -0.25) is 0 Å². The molecule has 17 heavy (non-hydrogen) atoms. The summed E-state index contributed by atoms with van der Waals surface area (Å²) in [6, 6.07) is 6.52. The molecule has 0 aromatic heterocycles. The molecule has 0 N–H and O–H groups in total. The lowest BCUT2D eigenvalue weighted by Gasteiger charge is -2.19. The van der Waals surface area contributed by atoms with Gasteiger partial charge in [0, 0.05) is 29.1 Å². The molecule has 0 bridgehead atoms. The Balaban J connectivity index is 2.06. The van der Waals surface area contributed by atoms with Gasteiger partial charge in [0.25, 0.3) is 0 Å². The third kappa shape index (κ3) is 3.17. The van der Waals surface area contributed by atoms with E-state index in [9.17, 15) is 0 Å². The second-order valence-corrected chi connectivity index (χ2v) is 5.92. The Morgan fingerprint density at radius 2 is 2.29 bits per heavy atom. The molecular weight excluding hydrogens is 298 g/mol. The Bertz CT molecular complexity index is 380. The summed E-state index contributed by atoms with van der Waals surface area (Å²) in [5.74, 6) is 1.45. The van der Waals surface area contributed by atoms with E-state index >= 15 is 0 Å². The van der Waals surface area contributed by atoms with Crippen LogP contribution in [0.15, 0.2) is 22.7 Å². The molecule has 1 aliphatic heterocycles. The first-order valence-corrected chi connectivity index (χ1v) is 7.66. The van der Waals surface area contributed by atoms with Crippen LogP contribution in [0.4, 0.5) is 5.69 Å². The fraction of sp³-hybridized carbons (Fsp3) is 0.571. The largest absolute Gasteiger partial charge is 0.371 e. The molecule has 0 aliphatic carbocycles. The Morgan fingerprint density at radius 1 is 1.47 bits per heavy atom. The number of benzene rings is 1. The minimum Gasteiger partial charge on any atom is -0.371 e. The van der Waals surface area contributed by atoms with Crippen LogP contribution >= 0.6 is 27.5 Å². The maximum absolute atomic E-state index is 5.87. The first-order valence-electron chi connectivity index (χ1n) is 6.34. The predicted octanol–water partition coefficient (Wildman–Crippen LogP) is 4.81. The second-order valence-electron chi connectivity index (χ2n) is 4.80. The van der Waals surface area contributed by atoms with Crippen LogP contribution < -0.4 is 4.90 Å². The van der Waals surface area contributed by atoms with E-state index in [1.807, 2.05) is 0 Å². The van der Waals surface area contributed by atoms with Crippen molar-refractivity contribution in [3.63, 3.8) is 0 Å². The molecule has 1 aliphatic rings. The molecule has 1 aromatic rings. The highest BCUT2D eigenvalue weighted by atomic mass is 79.9. The summed E-state index contributed by atoms with van der Waals surface area (Å²) in [6.07, 6.45) is 3.99. The number of hydrogen-bond acceptors (Lipinski definition) is 1. The molecule has 1 heterocycles. The van der Waals surface area contributed by atoms with Crippen LogP contribution in [0.3, 0.4) is 0 Å². The van der Waals surface area contributed by atoms with E-state index in [0.717, 1.165) is 10.4 Å². The van der Waals surface area contributed by atoms with E-state index in [-0.39, 0.29) is 0 Å². The zero-order valence-electron chi connectivity index (χ0n) is 10.3. The Morgan fingerprint density at radius 3 is 2.94 bits per heavy atom. The van der Waals surface area contributed by atoms with Gasteiger partial charge in [0.15, 0.2) is 0 Å². The van der Waals surface area contributed by atoms with Crippen molar-refractivity contribution in [1.82, 2.24) is 0 Å². The van der Waals surface area contributed by atoms with Crippen molar-refractivity contribution in [2.75, 3.05) is 18.0 Å². The zero-order chi connectivity index (χ0) is 12.3. The second kappa shape index (κ2) is 6.10. The zero-order valence-corrected chi connectivity index (χ0v) is 12.6. The lowest BCUT2D eigenvalue weighted by molar-refractivity contribution is 0.530. The molecule has 0 spiro atoms. The summed E-state index contributed by atoms with van der Waals surface area (Å²) in [4.78, 5) is 2.49. The number of nitrogens with zero attached hydrogens (tertiary/aromatic N) is 1. The Labute approximate surface area is 117 Å². The van der Waals surface area contributed by atoms with Crippen molar-refractivity contribution >= 4 is 33.2 Å². The van der Waals surface area contributed by atoms with E-state index in [4.69, 9.17) is 11.6 Å². The van der Waals surface area contributed by atoms with Gasteiger partial charge in [0.2, 0.25) is 0 Å². The first kappa shape index (κ1) is 13.2. The summed E-state index contributed by atoms with van der Waals surface area (Å²) in [7, 11) is 0. The quantitative estimate of drug-likeness (QED) is 0.720.